The van der Waals surface area contributed by atoms with E-state index < -0.39 is 11.8 Å². The smallest absolute Gasteiger partial charge is 0.277 e. The van der Waals surface area contributed by atoms with E-state index in [0.717, 1.165) is 4.90 Å². The van der Waals surface area contributed by atoms with Crippen molar-refractivity contribution in [2.75, 3.05) is 31.6 Å². The van der Waals surface area contributed by atoms with Crippen molar-refractivity contribution < 1.29 is 19.5 Å². The van der Waals surface area contributed by atoms with E-state index >= 15 is 0 Å². The molecule has 2 rings (SSSR count). The summed E-state index contributed by atoms with van der Waals surface area (Å²) in [4.78, 5) is 39.2. The SMILES string of the molecule is CCN(CC)C(=O)c1ccccc1NC1=CC(=O)N(CCO)C1=O. The van der Waals surface area contributed by atoms with Crippen molar-refractivity contribution in [1.82, 2.24) is 9.80 Å². The largest absolute Gasteiger partial charge is 0.395 e. The van der Waals surface area contributed by atoms with Gasteiger partial charge in [0.1, 0.15) is 5.70 Å². The average Bonchev–Trinajstić information content (AvgIpc) is 2.84. The normalized spacial score (nSPS) is 14.0. The first kappa shape index (κ1) is 17.7. The fourth-order valence-corrected chi connectivity index (χ4v) is 2.51. The number of anilines is 1. The standard InChI is InChI=1S/C17H21N3O4/c1-3-19(4-2)16(23)12-7-5-6-8-13(12)18-14-11-15(22)20(9-10-21)17(14)24/h5-8,11,18,21H,3-4,9-10H2,1-2H3. The van der Waals surface area contributed by atoms with Gasteiger partial charge in [-0.1, -0.05) is 12.1 Å². The lowest BCUT2D eigenvalue weighted by molar-refractivity contribution is -0.137. The molecule has 0 aliphatic carbocycles. The molecule has 0 bridgehead atoms. The molecule has 1 aromatic carbocycles. The van der Waals surface area contributed by atoms with Gasteiger partial charge in [0.05, 0.1) is 24.4 Å². The second-order valence-electron chi connectivity index (χ2n) is 5.22. The van der Waals surface area contributed by atoms with Crippen LogP contribution in [0.1, 0.15) is 24.2 Å². The van der Waals surface area contributed by atoms with Gasteiger partial charge in [0.15, 0.2) is 0 Å². The summed E-state index contributed by atoms with van der Waals surface area (Å²) >= 11 is 0. The summed E-state index contributed by atoms with van der Waals surface area (Å²) in [5.41, 5.74) is 0.990. The third kappa shape index (κ3) is 3.46. The maximum atomic E-state index is 12.6. The number of rotatable bonds is 7. The van der Waals surface area contributed by atoms with Gasteiger partial charge in [0.25, 0.3) is 17.7 Å². The Hall–Kier alpha value is -2.67. The van der Waals surface area contributed by atoms with E-state index in [1.165, 1.54) is 6.08 Å². The highest BCUT2D eigenvalue weighted by molar-refractivity contribution is 6.17. The molecule has 0 saturated heterocycles. The Labute approximate surface area is 140 Å². The molecule has 1 aliphatic heterocycles. The minimum Gasteiger partial charge on any atom is -0.395 e. The van der Waals surface area contributed by atoms with Gasteiger partial charge >= 0.3 is 0 Å². The van der Waals surface area contributed by atoms with E-state index in [2.05, 4.69) is 5.32 Å². The molecule has 1 heterocycles. The minimum absolute atomic E-state index is 0.0562. The van der Waals surface area contributed by atoms with Crippen molar-refractivity contribution in [2.24, 2.45) is 0 Å². The molecule has 0 fully saturated rings. The Morgan fingerprint density at radius 1 is 1.21 bits per heavy atom. The van der Waals surface area contributed by atoms with Crippen molar-refractivity contribution in [3.05, 3.63) is 41.6 Å². The predicted molar refractivity (Wildman–Crippen MR) is 89.2 cm³/mol. The molecule has 24 heavy (non-hydrogen) atoms. The highest BCUT2D eigenvalue weighted by atomic mass is 16.3. The summed E-state index contributed by atoms with van der Waals surface area (Å²) in [6.45, 7) is 4.59. The predicted octanol–water partition coefficient (Wildman–Crippen LogP) is 0.825. The van der Waals surface area contributed by atoms with Crippen LogP contribution in [0.2, 0.25) is 0 Å². The van der Waals surface area contributed by atoms with Gasteiger partial charge in [-0.25, -0.2) is 0 Å². The molecule has 128 valence electrons. The number of hydrogen-bond acceptors (Lipinski definition) is 5. The number of hydrogen-bond donors (Lipinski definition) is 2. The monoisotopic (exact) mass is 331 g/mol. The number of benzene rings is 1. The molecule has 0 saturated carbocycles. The quantitative estimate of drug-likeness (QED) is 0.722. The summed E-state index contributed by atoms with van der Waals surface area (Å²) in [6, 6.07) is 6.85. The van der Waals surface area contributed by atoms with Crippen molar-refractivity contribution in [2.45, 2.75) is 13.8 Å². The molecule has 2 N–H and O–H groups in total. The van der Waals surface area contributed by atoms with E-state index in [0.29, 0.717) is 24.3 Å². The number of aliphatic hydroxyl groups is 1. The van der Waals surface area contributed by atoms with Crippen molar-refractivity contribution in [3.63, 3.8) is 0 Å². The zero-order valence-corrected chi connectivity index (χ0v) is 13.8. The van der Waals surface area contributed by atoms with E-state index in [4.69, 9.17) is 5.11 Å². The number of carbonyl (C=O) groups excluding carboxylic acids is 3. The van der Waals surface area contributed by atoms with Crippen molar-refractivity contribution >= 4 is 23.4 Å². The van der Waals surface area contributed by atoms with Gasteiger partial charge in [-0.2, -0.15) is 0 Å². The van der Waals surface area contributed by atoms with Gasteiger partial charge in [0, 0.05) is 19.2 Å². The Morgan fingerprint density at radius 2 is 1.88 bits per heavy atom. The van der Waals surface area contributed by atoms with Crippen molar-refractivity contribution in [1.29, 1.82) is 0 Å². The molecule has 0 radical (unpaired) electrons. The van der Waals surface area contributed by atoms with Crippen LogP contribution in [0.15, 0.2) is 36.0 Å². The highest BCUT2D eigenvalue weighted by Gasteiger charge is 2.31. The number of β-amino-alcohol motifs (C(OH)–C–C–N with tert-alkyl or cyclic N) is 1. The summed E-state index contributed by atoms with van der Waals surface area (Å²) in [7, 11) is 0. The van der Waals surface area contributed by atoms with Crippen molar-refractivity contribution in [3.8, 4) is 0 Å². The lowest BCUT2D eigenvalue weighted by atomic mass is 10.1. The minimum atomic E-state index is -0.515. The lowest BCUT2D eigenvalue weighted by Gasteiger charge is -2.21. The Bertz CT molecular complexity index is 680. The molecule has 7 heteroatoms. The van der Waals surface area contributed by atoms with Crippen LogP contribution >= 0.6 is 0 Å². The molecule has 3 amide bonds. The zero-order chi connectivity index (χ0) is 17.7. The topological polar surface area (TPSA) is 90.0 Å². The van der Waals surface area contributed by atoms with Crippen LogP contribution in [-0.2, 0) is 9.59 Å². The molecule has 0 aromatic heterocycles. The van der Waals surface area contributed by atoms with Crippen LogP contribution in [-0.4, -0.2) is 58.9 Å². The fraction of sp³-hybridized carbons (Fsp3) is 0.353. The maximum Gasteiger partial charge on any atom is 0.277 e. The first-order valence-corrected chi connectivity index (χ1v) is 7.87. The Kier molecular flexibility index (Phi) is 5.70. The summed E-state index contributed by atoms with van der Waals surface area (Å²) in [6.07, 6.45) is 1.18. The second-order valence-corrected chi connectivity index (χ2v) is 5.22. The average molecular weight is 331 g/mol. The van der Waals surface area contributed by atoms with E-state index in [9.17, 15) is 14.4 Å². The molecule has 0 unspecified atom stereocenters. The number of imide groups is 1. The van der Waals surface area contributed by atoms with Crippen LogP contribution in [0.25, 0.3) is 0 Å². The third-order valence-electron chi connectivity index (χ3n) is 3.81. The van der Waals surface area contributed by atoms with E-state index in [1.807, 2.05) is 13.8 Å². The van der Waals surface area contributed by atoms with Gasteiger partial charge < -0.3 is 15.3 Å². The number of nitrogens with one attached hydrogen (secondary N) is 1. The summed E-state index contributed by atoms with van der Waals surface area (Å²) in [5.74, 6) is -1.14. The lowest BCUT2D eigenvalue weighted by Crippen LogP contribution is -2.34. The van der Waals surface area contributed by atoms with Crippen LogP contribution in [0.3, 0.4) is 0 Å². The van der Waals surface area contributed by atoms with Gasteiger partial charge in [-0.15, -0.1) is 0 Å². The second kappa shape index (κ2) is 7.74. The number of carbonyl (C=O) groups is 3. The van der Waals surface area contributed by atoms with E-state index in [-0.39, 0.29) is 24.8 Å². The van der Waals surface area contributed by atoms with Crippen LogP contribution in [0.5, 0.6) is 0 Å². The van der Waals surface area contributed by atoms with Crippen LogP contribution in [0.4, 0.5) is 5.69 Å². The summed E-state index contributed by atoms with van der Waals surface area (Å²) in [5, 5.41) is 11.8. The Morgan fingerprint density at radius 3 is 2.50 bits per heavy atom. The number of aliphatic hydroxyl groups excluding tert-OH is 1. The molecular weight excluding hydrogens is 310 g/mol. The molecule has 1 aliphatic rings. The van der Waals surface area contributed by atoms with Gasteiger partial charge in [0.2, 0.25) is 0 Å². The molecule has 1 aromatic rings. The maximum absolute atomic E-state index is 12.6. The number of para-hydroxylation sites is 1. The first-order valence-electron chi connectivity index (χ1n) is 7.87. The zero-order valence-electron chi connectivity index (χ0n) is 13.8. The molecule has 0 atom stereocenters. The molecule has 7 nitrogen and oxygen atoms in total. The van der Waals surface area contributed by atoms with E-state index in [1.54, 1.807) is 29.2 Å². The van der Waals surface area contributed by atoms with Gasteiger partial charge in [-0.05, 0) is 26.0 Å². The Balaban J connectivity index is 2.26. The molecular formula is C17H21N3O4. The third-order valence-corrected chi connectivity index (χ3v) is 3.81. The summed E-state index contributed by atoms with van der Waals surface area (Å²) < 4.78 is 0. The highest BCUT2D eigenvalue weighted by Crippen LogP contribution is 2.22. The molecule has 0 spiro atoms. The first-order chi connectivity index (χ1) is 11.5. The fourth-order valence-electron chi connectivity index (χ4n) is 2.51. The van der Waals surface area contributed by atoms with Crippen LogP contribution < -0.4 is 5.32 Å². The number of amides is 3. The number of nitrogens with zero attached hydrogens (tertiary/aromatic N) is 2. The van der Waals surface area contributed by atoms with Crippen LogP contribution in [0, 0.1) is 0 Å². The van der Waals surface area contributed by atoms with Gasteiger partial charge in [-0.3, -0.25) is 19.3 Å².